The first kappa shape index (κ1) is 16.3. The average molecular weight is 465 g/mol. The molecule has 18 heavy (non-hydrogen) atoms. The fraction of sp³-hybridized carbons (Fsp3) is 0.500. The first-order valence-corrected chi connectivity index (χ1v) is 6.59. The largest absolute Gasteiger partial charge is 0.800 e. The van der Waals surface area contributed by atoms with Gasteiger partial charge < -0.3 is 39.8 Å². The van der Waals surface area contributed by atoms with E-state index in [0.29, 0.717) is 0 Å². The summed E-state index contributed by atoms with van der Waals surface area (Å²) in [6.07, 6.45) is 0. The Labute approximate surface area is 135 Å². The quantitative estimate of drug-likeness (QED) is 0.491. The standard InChI is InChI=1S/C12H18N2OS2.Au/c1-15-11-4-2-10(3-5-11)13-6-8-14(9-7-13)12(16)17;/h2-5,12,16-17H,6-9H2,1H3;/p-2. The summed E-state index contributed by atoms with van der Waals surface area (Å²) >= 11 is 10.2. The Morgan fingerprint density at radius 1 is 1.06 bits per heavy atom. The maximum atomic E-state index is 5.15. The van der Waals surface area contributed by atoms with Gasteiger partial charge in [-0.25, -0.2) is 4.71 Å². The smallest absolute Gasteiger partial charge is 0.119 e. The second-order valence-corrected chi connectivity index (χ2v) is 5.22. The number of piperazine rings is 1. The molecule has 1 aliphatic rings. The number of anilines is 1. The number of hydrogen-bond acceptors (Lipinski definition) is 5. The Balaban J connectivity index is 0.00000162. The molecule has 2 rings (SSSR count). The Hall–Kier alpha value is 0.220. The van der Waals surface area contributed by atoms with Crippen LogP contribution in [0.15, 0.2) is 24.3 Å². The molecule has 105 valence electrons. The molecule has 0 aliphatic carbocycles. The van der Waals surface area contributed by atoms with Crippen molar-refractivity contribution in [1.29, 1.82) is 0 Å². The number of nitrogens with zero attached hydrogens (tertiary/aromatic N) is 2. The van der Waals surface area contributed by atoms with Crippen molar-refractivity contribution < 1.29 is 27.1 Å². The third-order valence-electron chi connectivity index (χ3n) is 3.05. The van der Waals surface area contributed by atoms with E-state index in [2.05, 4.69) is 21.9 Å². The summed E-state index contributed by atoms with van der Waals surface area (Å²) in [5.41, 5.74) is 1.23. The summed E-state index contributed by atoms with van der Waals surface area (Å²) in [5.74, 6) is 0.892. The average Bonchev–Trinajstić information content (AvgIpc) is 2.39. The van der Waals surface area contributed by atoms with E-state index < -0.39 is 0 Å². The molecule has 0 N–H and O–H groups in total. The van der Waals surface area contributed by atoms with Crippen LogP contribution >= 0.6 is 0 Å². The third-order valence-corrected chi connectivity index (χ3v) is 3.65. The minimum absolute atomic E-state index is 0. The zero-order chi connectivity index (χ0) is 12.3. The van der Waals surface area contributed by atoms with E-state index in [4.69, 9.17) is 30.0 Å². The summed E-state index contributed by atoms with van der Waals surface area (Å²) in [6.45, 7) is 3.86. The molecule has 0 saturated carbocycles. The van der Waals surface area contributed by atoms with Gasteiger partial charge in [-0.2, -0.15) is 0 Å². The maximum Gasteiger partial charge on any atom is 0.119 e. The second-order valence-electron chi connectivity index (χ2n) is 4.03. The van der Waals surface area contributed by atoms with Crippen molar-refractivity contribution in [2.24, 2.45) is 0 Å². The summed E-state index contributed by atoms with van der Waals surface area (Å²) in [7, 11) is 1.68. The van der Waals surface area contributed by atoms with Crippen LogP contribution in [0.3, 0.4) is 0 Å². The zero-order valence-electron chi connectivity index (χ0n) is 10.1. The second kappa shape index (κ2) is 7.72. The number of benzene rings is 1. The van der Waals surface area contributed by atoms with Crippen LogP contribution in [0.25, 0.3) is 0 Å². The molecule has 1 aromatic rings. The molecule has 0 spiro atoms. The Morgan fingerprint density at radius 3 is 2.06 bits per heavy atom. The van der Waals surface area contributed by atoms with E-state index >= 15 is 0 Å². The summed E-state index contributed by atoms with van der Waals surface area (Å²) in [5, 5.41) is 0. The molecule has 1 fully saturated rings. The Kier molecular flexibility index (Phi) is 6.98. The van der Waals surface area contributed by atoms with Crippen LogP contribution in [0.4, 0.5) is 5.69 Å². The van der Waals surface area contributed by atoms with Gasteiger partial charge >= 0.3 is 0 Å². The van der Waals surface area contributed by atoms with Crippen molar-refractivity contribution >= 4 is 30.9 Å². The molecule has 0 bridgehead atoms. The van der Waals surface area contributed by atoms with Crippen molar-refractivity contribution in [3.05, 3.63) is 24.3 Å². The number of ether oxygens (including phenoxy) is 1. The minimum Gasteiger partial charge on any atom is -0.800 e. The van der Waals surface area contributed by atoms with Gasteiger partial charge in [-0.1, -0.05) is 0 Å². The van der Waals surface area contributed by atoms with Gasteiger partial charge in [-0.05, 0) is 24.3 Å². The van der Waals surface area contributed by atoms with Crippen LogP contribution in [0.5, 0.6) is 5.75 Å². The maximum absolute atomic E-state index is 5.15. The molecule has 0 atom stereocenters. The Morgan fingerprint density at radius 2 is 1.61 bits per heavy atom. The van der Waals surface area contributed by atoms with Crippen molar-refractivity contribution in [2.45, 2.75) is 4.71 Å². The zero-order valence-corrected chi connectivity index (χ0v) is 13.9. The van der Waals surface area contributed by atoms with Crippen LogP contribution in [-0.2, 0) is 47.6 Å². The van der Waals surface area contributed by atoms with Gasteiger partial charge in [0.15, 0.2) is 0 Å². The molecule has 0 amide bonds. The Bertz CT molecular complexity index is 354. The molecular formula is C12H16AuN2OS2-2. The van der Waals surface area contributed by atoms with Gasteiger partial charge in [-0.3, -0.25) is 0 Å². The van der Waals surface area contributed by atoms with Gasteiger partial charge in [0.2, 0.25) is 0 Å². The first-order valence-electron chi connectivity index (χ1n) is 5.65. The first-order chi connectivity index (χ1) is 8.20. The molecular weight excluding hydrogens is 449 g/mol. The molecule has 1 aromatic carbocycles. The van der Waals surface area contributed by atoms with E-state index in [-0.39, 0.29) is 27.1 Å². The van der Waals surface area contributed by atoms with E-state index in [0.717, 1.165) is 31.9 Å². The number of rotatable bonds is 3. The summed E-state index contributed by atoms with van der Waals surface area (Å²) in [4.78, 5) is 4.51. The monoisotopic (exact) mass is 465 g/mol. The fourth-order valence-corrected chi connectivity index (χ4v) is 2.41. The molecule has 1 radical (unpaired) electrons. The van der Waals surface area contributed by atoms with Crippen molar-refractivity contribution in [3.63, 3.8) is 0 Å². The predicted octanol–water partition coefficient (Wildman–Crippen LogP) is 1.19. The summed E-state index contributed by atoms with van der Waals surface area (Å²) < 4.78 is 4.98. The molecule has 1 aliphatic heterocycles. The number of methoxy groups -OCH3 is 1. The molecule has 3 nitrogen and oxygen atoms in total. The van der Waals surface area contributed by atoms with E-state index in [1.54, 1.807) is 7.11 Å². The van der Waals surface area contributed by atoms with Crippen LogP contribution in [0, 0.1) is 0 Å². The van der Waals surface area contributed by atoms with Crippen LogP contribution in [-0.4, -0.2) is 42.9 Å². The van der Waals surface area contributed by atoms with Crippen LogP contribution in [0.1, 0.15) is 0 Å². The minimum atomic E-state index is -0.173. The normalized spacial score (nSPS) is 16.6. The van der Waals surface area contributed by atoms with Crippen LogP contribution in [0.2, 0.25) is 0 Å². The SMILES string of the molecule is COc1ccc(N2CCN(C([S-])[S-])CC2)cc1.[Au]. The van der Waals surface area contributed by atoms with Crippen molar-refractivity contribution in [1.82, 2.24) is 4.90 Å². The predicted molar refractivity (Wildman–Crippen MR) is 75.3 cm³/mol. The topological polar surface area (TPSA) is 15.7 Å². The molecule has 0 unspecified atom stereocenters. The van der Waals surface area contributed by atoms with Crippen molar-refractivity contribution in [2.75, 3.05) is 38.2 Å². The molecule has 1 saturated heterocycles. The van der Waals surface area contributed by atoms with E-state index in [9.17, 15) is 0 Å². The van der Waals surface area contributed by atoms with Gasteiger partial charge in [0.1, 0.15) is 5.75 Å². The fourth-order valence-electron chi connectivity index (χ4n) is 1.98. The van der Waals surface area contributed by atoms with Crippen molar-refractivity contribution in [3.8, 4) is 5.75 Å². The van der Waals surface area contributed by atoms with Gasteiger partial charge in [-0.15, -0.1) is 0 Å². The van der Waals surface area contributed by atoms with E-state index in [1.807, 2.05) is 12.1 Å². The van der Waals surface area contributed by atoms with E-state index in [1.165, 1.54) is 5.69 Å². The molecule has 6 heteroatoms. The molecule has 0 aromatic heterocycles. The van der Waals surface area contributed by atoms with Crippen LogP contribution < -0.4 is 9.64 Å². The summed E-state index contributed by atoms with van der Waals surface area (Å²) in [6, 6.07) is 8.16. The van der Waals surface area contributed by atoms with Gasteiger partial charge in [0.25, 0.3) is 0 Å². The third kappa shape index (κ3) is 4.11. The van der Waals surface area contributed by atoms with Gasteiger partial charge in [0, 0.05) is 54.2 Å². The molecule has 1 heterocycles. The van der Waals surface area contributed by atoms with Gasteiger partial charge in [0.05, 0.1) is 7.11 Å². The number of hydrogen-bond donors (Lipinski definition) is 0.